The van der Waals surface area contributed by atoms with Crippen LogP contribution in [0, 0.1) is 6.92 Å². The van der Waals surface area contributed by atoms with Crippen molar-refractivity contribution in [3.8, 4) is 0 Å². The number of aromatic nitrogens is 4. The molecule has 4 heterocycles. The lowest BCUT2D eigenvalue weighted by Crippen LogP contribution is -2.29. The summed E-state index contributed by atoms with van der Waals surface area (Å²) in [4.78, 5) is 33.1. The monoisotopic (exact) mass is 623 g/mol. The number of aryl methyl sites for hydroxylation is 1. The summed E-state index contributed by atoms with van der Waals surface area (Å²) >= 11 is 8.91. The number of aliphatic hydroxyl groups is 1. The first-order chi connectivity index (χ1) is 20.9. The van der Waals surface area contributed by atoms with E-state index in [2.05, 4.69) is 39.4 Å². The number of carbonyl (C=O) groups excluding carboxylic acids is 2. The van der Waals surface area contributed by atoms with Gasteiger partial charge in [0.1, 0.15) is 11.3 Å². The summed E-state index contributed by atoms with van der Waals surface area (Å²) in [6.45, 7) is 1.75. The molecule has 0 spiro atoms. The van der Waals surface area contributed by atoms with Crippen molar-refractivity contribution in [2.75, 3.05) is 4.90 Å². The Morgan fingerprint density at radius 1 is 0.977 bits per heavy atom. The Balaban J connectivity index is 1.29. The zero-order valence-corrected chi connectivity index (χ0v) is 25.0. The van der Waals surface area contributed by atoms with Gasteiger partial charge < -0.3 is 5.11 Å². The molecule has 3 aromatic heterocycles. The molecular formula is C32H22ClN5O3S2. The molecule has 1 fully saturated rings. The number of nitrogens with zero attached hydrogens (tertiary/aromatic N) is 5. The van der Waals surface area contributed by atoms with Gasteiger partial charge in [-0.3, -0.25) is 18.9 Å². The fourth-order valence-corrected chi connectivity index (χ4v) is 7.43. The normalized spacial score (nSPS) is 16.5. The van der Waals surface area contributed by atoms with Crippen molar-refractivity contribution < 1.29 is 14.7 Å². The Labute approximate surface area is 259 Å². The molecule has 6 aromatic rings. The number of carbonyl (C=O) groups is 2. The van der Waals surface area contributed by atoms with E-state index in [1.54, 1.807) is 53.9 Å². The lowest BCUT2D eigenvalue weighted by molar-refractivity contribution is -0.132. The number of fused-ring (bicyclic) bond motifs is 2. The predicted molar refractivity (Wildman–Crippen MR) is 170 cm³/mol. The van der Waals surface area contributed by atoms with Crippen molar-refractivity contribution in [1.29, 1.82) is 0 Å². The lowest BCUT2D eigenvalue weighted by atomic mass is 9.96. The fraction of sp³-hybridized carbons (Fsp3) is 0.0938. The second-order valence-corrected chi connectivity index (χ2v) is 12.6. The van der Waals surface area contributed by atoms with E-state index in [0.29, 0.717) is 37.7 Å². The molecular weight excluding hydrogens is 602 g/mol. The number of hydrogen-bond acceptors (Lipinski definition) is 8. The summed E-state index contributed by atoms with van der Waals surface area (Å²) in [6.07, 6.45) is 1.75. The molecule has 0 bridgehead atoms. The van der Waals surface area contributed by atoms with Gasteiger partial charge in [-0.05, 0) is 53.1 Å². The minimum atomic E-state index is -0.949. The van der Waals surface area contributed by atoms with E-state index in [-0.39, 0.29) is 16.5 Å². The molecule has 1 amide bonds. The average Bonchev–Trinajstić information content (AvgIpc) is 3.69. The number of aliphatic hydroxyl groups excluding tert-OH is 1. The van der Waals surface area contributed by atoms with Crippen LogP contribution in [-0.2, 0) is 15.3 Å². The van der Waals surface area contributed by atoms with Crippen molar-refractivity contribution >= 4 is 73.7 Å². The van der Waals surface area contributed by atoms with E-state index in [1.807, 2.05) is 24.3 Å². The van der Waals surface area contributed by atoms with Gasteiger partial charge in [-0.2, -0.15) is 0 Å². The van der Waals surface area contributed by atoms with E-state index in [9.17, 15) is 14.7 Å². The van der Waals surface area contributed by atoms with Crippen molar-refractivity contribution in [2.24, 2.45) is 0 Å². The van der Waals surface area contributed by atoms with Crippen molar-refractivity contribution in [1.82, 2.24) is 19.6 Å². The molecule has 3 aromatic carbocycles. The van der Waals surface area contributed by atoms with Gasteiger partial charge in [0.15, 0.2) is 10.1 Å². The Bertz CT molecular complexity index is 2080. The zero-order chi connectivity index (χ0) is 29.7. The highest BCUT2D eigenvalue weighted by Gasteiger charge is 2.48. The van der Waals surface area contributed by atoms with Gasteiger partial charge in [-0.1, -0.05) is 95.4 Å². The van der Waals surface area contributed by atoms with Crippen LogP contribution in [-0.4, -0.2) is 36.4 Å². The van der Waals surface area contributed by atoms with Crippen LogP contribution in [0.3, 0.4) is 0 Å². The van der Waals surface area contributed by atoms with Crippen LogP contribution in [0.15, 0.2) is 101 Å². The quantitative estimate of drug-likeness (QED) is 0.0687. The molecule has 0 saturated carbocycles. The summed E-state index contributed by atoms with van der Waals surface area (Å²) in [7, 11) is 0. The van der Waals surface area contributed by atoms with Crippen LogP contribution in [0.2, 0.25) is 5.02 Å². The van der Waals surface area contributed by atoms with Crippen LogP contribution < -0.4 is 4.90 Å². The summed E-state index contributed by atoms with van der Waals surface area (Å²) in [6, 6.07) is 25.7. The SMILES string of the molecule is Cc1nc2ccccn2c1/C(O)=C1\C(=O)C(=O)N(c2nnc(SCc3cccc4ccccc34)s2)C1c1ccc(Cl)cc1. The average molecular weight is 624 g/mol. The molecule has 1 atom stereocenters. The van der Waals surface area contributed by atoms with Crippen LogP contribution in [0.1, 0.15) is 28.6 Å². The van der Waals surface area contributed by atoms with Crippen LogP contribution in [0.4, 0.5) is 5.13 Å². The Morgan fingerprint density at radius 3 is 2.58 bits per heavy atom. The van der Waals surface area contributed by atoms with Crippen LogP contribution >= 0.6 is 34.7 Å². The van der Waals surface area contributed by atoms with Crippen molar-refractivity contribution in [3.63, 3.8) is 0 Å². The van der Waals surface area contributed by atoms with Crippen molar-refractivity contribution in [3.05, 3.63) is 124 Å². The highest BCUT2D eigenvalue weighted by Crippen LogP contribution is 2.44. The predicted octanol–water partition coefficient (Wildman–Crippen LogP) is 7.22. The minimum absolute atomic E-state index is 0.0544. The number of imidazole rings is 1. The third kappa shape index (κ3) is 4.77. The van der Waals surface area contributed by atoms with Crippen LogP contribution in [0.25, 0.3) is 22.2 Å². The first-order valence-electron chi connectivity index (χ1n) is 13.3. The smallest absolute Gasteiger partial charge is 0.301 e. The van der Waals surface area contributed by atoms with Gasteiger partial charge in [-0.25, -0.2) is 4.98 Å². The van der Waals surface area contributed by atoms with Gasteiger partial charge in [0.05, 0.1) is 17.3 Å². The molecule has 1 aliphatic rings. The number of amides is 1. The largest absolute Gasteiger partial charge is 0.505 e. The Hall–Kier alpha value is -4.51. The van der Waals surface area contributed by atoms with Gasteiger partial charge >= 0.3 is 5.91 Å². The van der Waals surface area contributed by atoms with Gasteiger partial charge in [0.2, 0.25) is 5.13 Å². The molecule has 1 saturated heterocycles. The van der Waals surface area contributed by atoms with E-state index >= 15 is 0 Å². The van der Waals surface area contributed by atoms with Gasteiger partial charge in [0.25, 0.3) is 5.78 Å². The number of benzene rings is 3. The molecule has 0 aliphatic carbocycles. The summed E-state index contributed by atoms with van der Waals surface area (Å²) < 4.78 is 2.35. The highest BCUT2D eigenvalue weighted by molar-refractivity contribution is 8.00. The van der Waals surface area contributed by atoms with Gasteiger partial charge in [0, 0.05) is 17.0 Å². The molecule has 7 rings (SSSR count). The number of rotatable bonds is 6. The molecule has 0 radical (unpaired) electrons. The van der Waals surface area contributed by atoms with E-state index in [0.717, 1.165) is 10.9 Å². The van der Waals surface area contributed by atoms with Crippen molar-refractivity contribution in [2.45, 2.75) is 23.1 Å². The van der Waals surface area contributed by atoms with E-state index in [1.165, 1.54) is 33.4 Å². The maximum absolute atomic E-state index is 13.7. The molecule has 1 aliphatic heterocycles. The summed E-state index contributed by atoms with van der Waals surface area (Å²) in [5, 5.41) is 23.4. The van der Waals surface area contributed by atoms with Crippen LogP contribution in [0.5, 0.6) is 0 Å². The number of ketones is 1. The number of halogens is 1. The molecule has 43 heavy (non-hydrogen) atoms. The maximum Gasteiger partial charge on any atom is 0.301 e. The molecule has 11 heteroatoms. The highest BCUT2D eigenvalue weighted by atomic mass is 35.5. The second-order valence-electron chi connectivity index (χ2n) is 9.97. The summed E-state index contributed by atoms with van der Waals surface area (Å²) in [5.74, 6) is -1.27. The van der Waals surface area contributed by atoms with Gasteiger partial charge in [-0.15, -0.1) is 10.2 Å². The number of pyridine rings is 1. The van der Waals surface area contributed by atoms with E-state index in [4.69, 9.17) is 11.6 Å². The number of hydrogen-bond donors (Lipinski definition) is 1. The Morgan fingerprint density at radius 2 is 1.74 bits per heavy atom. The lowest BCUT2D eigenvalue weighted by Gasteiger charge is -2.22. The molecule has 1 unspecified atom stereocenters. The number of thioether (sulfide) groups is 1. The standard InChI is InChI=1S/C32H22ClN5O3S2/c1-18-26(37-16-5-4-11-24(37)34-18)28(39)25-27(20-12-14-22(33)15-13-20)38(30(41)29(25)40)31-35-36-32(43-31)42-17-21-9-6-8-19-7-2-3-10-23(19)21/h2-16,27,39H,17H2,1H3/b28-25+. The molecule has 1 N–H and O–H groups in total. The second kappa shape index (κ2) is 11.0. The van der Waals surface area contributed by atoms with E-state index < -0.39 is 17.7 Å². The first kappa shape index (κ1) is 27.3. The Kier molecular flexibility index (Phi) is 6.97. The number of anilines is 1. The fourth-order valence-electron chi connectivity index (χ4n) is 5.43. The zero-order valence-electron chi connectivity index (χ0n) is 22.6. The topological polar surface area (TPSA) is 101 Å². The molecule has 8 nitrogen and oxygen atoms in total. The summed E-state index contributed by atoms with van der Waals surface area (Å²) in [5.41, 5.74) is 3.17. The third-order valence-electron chi connectivity index (χ3n) is 7.39. The third-order valence-corrected chi connectivity index (χ3v) is 9.75. The number of Topliss-reactive ketones (excluding diaryl/α,β-unsaturated/α-hetero) is 1. The minimum Gasteiger partial charge on any atom is -0.505 e. The first-order valence-corrected chi connectivity index (χ1v) is 15.5. The maximum atomic E-state index is 13.7. The molecule has 212 valence electrons.